The lowest BCUT2D eigenvalue weighted by Crippen LogP contribution is -2.50. The monoisotopic (exact) mass is 387 g/mol. The third kappa shape index (κ3) is 5.88. The van der Waals surface area contributed by atoms with Crippen LogP contribution in [-0.4, -0.2) is 37.2 Å². The molecule has 144 valence electrons. The number of hydrogen-bond donors (Lipinski definition) is 2. The highest BCUT2D eigenvalue weighted by Gasteiger charge is 2.21. The van der Waals surface area contributed by atoms with E-state index in [1.54, 1.807) is 19.2 Å². The lowest BCUT2D eigenvalue weighted by atomic mass is 10.0. The quantitative estimate of drug-likeness (QED) is 0.792. The number of methoxy groups -OCH3 is 1. The lowest BCUT2D eigenvalue weighted by molar-refractivity contribution is 0.180. The van der Waals surface area contributed by atoms with Crippen LogP contribution in [0.5, 0.6) is 5.75 Å². The average Bonchev–Trinajstić information content (AvgIpc) is 2.67. The molecule has 0 spiro atoms. The van der Waals surface area contributed by atoms with E-state index in [0.717, 1.165) is 38.0 Å². The van der Waals surface area contributed by atoms with E-state index in [1.807, 2.05) is 12.1 Å². The van der Waals surface area contributed by atoms with Crippen molar-refractivity contribution < 1.29 is 9.53 Å². The summed E-state index contributed by atoms with van der Waals surface area (Å²) >= 11 is 6.04. The van der Waals surface area contributed by atoms with E-state index in [1.165, 1.54) is 5.56 Å². The highest BCUT2D eigenvalue weighted by Crippen LogP contribution is 2.22. The number of carbonyl (C=O) groups is 1. The molecule has 0 radical (unpaired) electrons. The number of carbonyl (C=O) groups excluding carboxylic acids is 1. The Kier molecular flexibility index (Phi) is 6.96. The number of urea groups is 1. The lowest BCUT2D eigenvalue weighted by Gasteiger charge is -2.33. The Morgan fingerprint density at radius 2 is 2.07 bits per heavy atom. The van der Waals surface area contributed by atoms with E-state index >= 15 is 0 Å². The van der Waals surface area contributed by atoms with Gasteiger partial charge in [-0.25, -0.2) is 4.79 Å². The number of piperidine rings is 1. The molecular weight excluding hydrogens is 362 g/mol. The van der Waals surface area contributed by atoms with Crippen LogP contribution in [0, 0.1) is 0 Å². The van der Waals surface area contributed by atoms with Crippen molar-refractivity contribution in [2.45, 2.75) is 32.0 Å². The predicted octanol–water partition coefficient (Wildman–Crippen LogP) is 3.81. The summed E-state index contributed by atoms with van der Waals surface area (Å²) in [5.74, 6) is 0.714. The second-order valence-corrected chi connectivity index (χ2v) is 7.28. The average molecular weight is 388 g/mol. The molecule has 2 aromatic carbocycles. The van der Waals surface area contributed by atoms with Gasteiger partial charge >= 0.3 is 6.03 Å². The van der Waals surface area contributed by atoms with Crippen molar-refractivity contribution in [3.8, 4) is 5.75 Å². The Labute approximate surface area is 165 Å². The maximum atomic E-state index is 12.3. The van der Waals surface area contributed by atoms with Crippen molar-refractivity contribution in [3.05, 3.63) is 64.7 Å². The van der Waals surface area contributed by atoms with Gasteiger partial charge in [0.05, 0.1) is 7.11 Å². The van der Waals surface area contributed by atoms with E-state index in [9.17, 15) is 4.79 Å². The van der Waals surface area contributed by atoms with Gasteiger partial charge in [-0.2, -0.15) is 0 Å². The SMILES string of the molecule is COc1ccc(Cl)cc1CNC(=O)NC1CCCN(Cc2ccccc2)C1. The van der Waals surface area contributed by atoms with Crippen LogP contribution < -0.4 is 15.4 Å². The van der Waals surface area contributed by atoms with E-state index in [-0.39, 0.29) is 12.1 Å². The smallest absolute Gasteiger partial charge is 0.315 e. The summed E-state index contributed by atoms with van der Waals surface area (Å²) in [6.07, 6.45) is 2.08. The number of likely N-dealkylation sites (tertiary alicyclic amines) is 1. The topological polar surface area (TPSA) is 53.6 Å². The minimum Gasteiger partial charge on any atom is -0.496 e. The van der Waals surface area contributed by atoms with Crippen LogP contribution in [0.2, 0.25) is 5.02 Å². The van der Waals surface area contributed by atoms with Crippen molar-refractivity contribution >= 4 is 17.6 Å². The molecule has 2 amide bonds. The van der Waals surface area contributed by atoms with Crippen LogP contribution in [0.1, 0.15) is 24.0 Å². The van der Waals surface area contributed by atoms with Crippen molar-refractivity contribution in [1.29, 1.82) is 0 Å². The number of nitrogens with one attached hydrogen (secondary N) is 2. The molecule has 6 heteroatoms. The van der Waals surface area contributed by atoms with Crippen LogP contribution in [0.15, 0.2) is 48.5 Å². The number of ether oxygens (including phenoxy) is 1. The van der Waals surface area contributed by atoms with Crippen LogP contribution in [-0.2, 0) is 13.1 Å². The zero-order valence-corrected chi connectivity index (χ0v) is 16.3. The molecule has 1 aliphatic rings. The number of benzene rings is 2. The number of rotatable bonds is 6. The van der Waals surface area contributed by atoms with Gasteiger partial charge in [-0.3, -0.25) is 4.90 Å². The molecular formula is C21H26ClN3O2. The van der Waals surface area contributed by atoms with Crippen molar-refractivity contribution in [3.63, 3.8) is 0 Å². The van der Waals surface area contributed by atoms with E-state index in [2.05, 4.69) is 39.8 Å². The first kappa shape index (κ1) is 19.5. The van der Waals surface area contributed by atoms with Gasteiger partial charge < -0.3 is 15.4 Å². The molecule has 3 rings (SSSR count). The highest BCUT2D eigenvalue weighted by molar-refractivity contribution is 6.30. The van der Waals surface area contributed by atoms with E-state index in [4.69, 9.17) is 16.3 Å². The van der Waals surface area contributed by atoms with Crippen LogP contribution >= 0.6 is 11.6 Å². The van der Waals surface area contributed by atoms with Crippen LogP contribution in [0.3, 0.4) is 0 Å². The Morgan fingerprint density at radius 1 is 1.26 bits per heavy atom. The fraction of sp³-hybridized carbons (Fsp3) is 0.381. The second kappa shape index (κ2) is 9.62. The first-order valence-corrected chi connectivity index (χ1v) is 9.65. The van der Waals surface area contributed by atoms with E-state index < -0.39 is 0 Å². The van der Waals surface area contributed by atoms with Crippen LogP contribution in [0.25, 0.3) is 0 Å². The second-order valence-electron chi connectivity index (χ2n) is 6.84. The molecule has 1 unspecified atom stereocenters. The zero-order valence-electron chi connectivity index (χ0n) is 15.6. The molecule has 1 aliphatic heterocycles. The molecule has 1 atom stereocenters. The summed E-state index contributed by atoms with van der Waals surface area (Å²) in [7, 11) is 1.61. The summed E-state index contributed by atoms with van der Waals surface area (Å²) in [6.45, 7) is 3.22. The van der Waals surface area contributed by atoms with Gasteiger partial charge in [-0.1, -0.05) is 41.9 Å². The molecule has 2 N–H and O–H groups in total. The third-order valence-corrected chi connectivity index (χ3v) is 5.01. The molecule has 1 heterocycles. The zero-order chi connectivity index (χ0) is 19.1. The molecule has 0 aromatic heterocycles. The fourth-order valence-electron chi connectivity index (χ4n) is 3.46. The first-order valence-electron chi connectivity index (χ1n) is 9.27. The molecule has 0 saturated carbocycles. The van der Waals surface area contributed by atoms with Gasteiger partial charge in [0.15, 0.2) is 0 Å². The molecule has 0 aliphatic carbocycles. The minimum atomic E-state index is -0.163. The molecule has 27 heavy (non-hydrogen) atoms. The summed E-state index contributed by atoms with van der Waals surface area (Å²) in [6, 6.07) is 15.8. The minimum absolute atomic E-state index is 0.156. The van der Waals surface area contributed by atoms with Crippen LogP contribution in [0.4, 0.5) is 4.79 Å². The van der Waals surface area contributed by atoms with Crippen molar-refractivity contribution in [2.24, 2.45) is 0 Å². The summed E-state index contributed by atoms with van der Waals surface area (Å²) in [4.78, 5) is 14.7. The summed E-state index contributed by atoms with van der Waals surface area (Å²) < 4.78 is 5.32. The number of hydrogen-bond acceptors (Lipinski definition) is 3. The maximum absolute atomic E-state index is 12.3. The Bertz CT molecular complexity index is 754. The maximum Gasteiger partial charge on any atom is 0.315 e. The van der Waals surface area contributed by atoms with Gasteiger partial charge in [-0.15, -0.1) is 0 Å². The molecule has 0 bridgehead atoms. The van der Waals surface area contributed by atoms with Gasteiger partial charge in [0.2, 0.25) is 0 Å². The van der Waals surface area contributed by atoms with Crippen molar-refractivity contribution in [2.75, 3.05) is 20.2 Å². The number of amides is 2. The Balaban J connectivity index is 1.48. The summed E-state index contributed by atoms with van der Waals surface area (Å²) in [5, 5.41) is 6.62. The molecule has 5 nitrogen and oxygen atoms in total. The standard InChI is InChI=1S/C21H26ClN3O2/c1-27-20-10-9-18(22)12-17(20)13-23-21(26)24-19-8-5-11-25(15-19)14-16-6-3-2-4-7-16/h2-4,6-7,9-10,12,19H,5,8,11,13-15H2,1H3,(H2,23,24,26). The first-order chi connectivity index (χ1) is 13.1. The van der Waals surface area contributed by atoms with E-state index in [0.29, 0.717) is 17.3 Å². The highest BCUT2D eigenvalue weighted by atomic mass is 35.5. The van der Waals surface area contributed by atoms with Gasteiger partial charge in [0.1, 0.15) is 5.75 Å². The van der Waals surface area contributed by atoms with Crippen molar-refractivity contribution in [1.82, 2.24) is 15.5 Å². The Hall–Kier alpha value is -2.24. The normalized spacial score (nSPS) is 17.3. The largest absolute Gasteiger partial charge is 0.496 e. The molecule has 2 aromatic rings. The van der Waals surface area contributed by atoms with Gasteiger partial charge in [0, 0.05) is 36.3 Å². The molecule has 1 fully saturated rings. The predicted molar refractivity (Wildman–Crippen MR) is 108 cm³/mol. The number of halogens is 1. The third-order valence-electron chi connectivity index (χ3n) is 4.77. The Morgan fingerprint density at radius 3 is 2.85 bits per heavy atom. The fourth-order valence-corrected chi connectivity index (χ4v) is 3.65. The van der Waals surface area contributed by atoms with Gasteiger partial charge in [0.25, 0.3) is 0 Å². The van der Waals surface area contributed by atoms with Gasteiger partial charge in [-0.05, 0) is 43.1 Å². The molecule has 1 saturated heterocycles. The number of nitrogens with zero attached hydrogens (tertiary/aromatic N) is 1. The summed E-state index contributed by atoms with van der Waals surface area (Å²) in [5.41, 5.74) is 2.16.